The molecule has 2 N–H and O–H groups in total. The van der Waals surface area contributed by atoms with Crippen LogP contribution in [-0.4, -0.2) is 24.5 Å². The van der Waals surface area contributed by atoms with Gasteiger partial charge < -0.3 is 5.11 Å². The quantitative estimate of drug-likeness (QED) is 0.870. The van der Waals surface area contributed by atoms with Crippen LogP contribution >= 0.6 is 27.3 Å². The molecule has 0 bridgehead atoms. The second-order valence-electron chi connectivity index (χ2n) is 3.40. The number of carboxylic acid groups (broad SMARTS) is 1. The van der Waals surface area contributed by atoms with Gasteiger partial charge in [-0.25, -0.2) is 18.2 Å². The largest absolute Gasteiger partial charge is 0.478 e. The molecule has 0 radical (unpaired) electrons. The Morgan fingerprint density at radius 2 is 2.11 bits per heavy atom. The van der Waals surface area contributed by atoms with Crippen LogP contribution in [0.1, 0.15) is 10.4 Å². The van der Waals surface area contributed by atoms with Crippen molar-refractivity contribution in [2.75, 3.05) is 4.72 Å². The summed E-state index contributed by atoms with van der Waals surface area (Å²) in [6.45, 7) is 0. The monoisotopic (exact) mass is 362 g/mol. The Hall–Kier alpha value is -1.45. The lowest BCUT2D eigenvalue weighted by atomic mass is 10.3. The first-order chi connectivity index (χ1) is 8.90. The van der Waals surface area contributed by atoms with Crippen molar-refractivity contribution in [1.29, 1.82) is 0 Å². The van der Waals surface area contributed by atoms with Gasteiger partial charge in [0.25, 0.3) is 10.0 Å². The minimum Gasteiger partial charge on any atom is -0.478 e. The molecule has 0 fully saturated rings. The number of rotatable bonds is 4. The molecule has 19 heavy (non-hydrogen) atoms. The zero-order valence-corrected chi connectivity index (χ0v) is 12.4. The van der Waals surface area contributed by atoms with Crippen LogP contribution in [0.25, 0.3) is 0 Å². The van der Waals surface area contributed by atoms with Gasteiger partial charge in [0.1, 0.15) is 5.82 Å². The van der Waals surface area contributed by atoms with Crippen LogP contribution < -0.4 is 4.72 Å². The Bertz CT molecular complexity index is 709. The molecule has 6 nitrogen and oxygen atoms in total. The molecule has 0 aliphatic heterocycles. The maximum absolute atomic E-state index is 12.0. The fraction of sp³-hybridized carbons (Fsp3) is 0. The van der Waals surface area contributed by atoms with Crippen molar-refractivity contribution in [3.63, 3.8) is 0 Å². The number of pyridine rings is 1. The van der Waals surface area contributed by atoms with E-state index in [4.69, 9.17) is 5.11 Å². The zero-order chi connectivity index (χ0) is 14.0. The third-order valence-corrected chi connectivity index (χ3v) is 6.10. The van der Waals surface area contributed by atoms with Gasteiger partial charge in [0, 0.05) is 10.7 Å². The van der Waals surface area contributed by atoms with Gasteiger partial charge in [0.2, 0.25) is 0 Å². The van der Waals surface area contributed by atoms with Crippen molar-refractivity contribution in [3.05, 3.63) is 39.8 Å². The maximum atomic E-state index is 12.0. The van der Waals surface area contributed by atoms with Gasteiger partial charge in [-0.3, -0.25) is 4.72 Å². The van der Waals surface area contributed by atoms with E-state index in [0.29, 0.717) is 4.47 Å². The first-order valence-corrected chi connectivity index (χ1v) is 8.01. The van der Waals surface area contributed by atoms with Crippen LogP contribution in [0.3, 0.4) is 0 Å². The summed E-state index contributed by atoms with van der Waals surface area (Å²) in [6.07, 6.45) is 1.09. The molecule has 0 spiro atoms. The van der Waals surface area contributed by atoms with Crippen LogP contribution in [0.4, 0.5) is 5.82 Å². The Labute approximate surface area is 121 Å². The Balaban J connectivity index is 2.26. The number of nitrogens with zero attached hydrogens (tertiary/aromatic N) is 1. The molecule has 0 aliphatic rings. The van der Waals surface area contributed by atoms with Crippen molar-refractivity contribution >= 4 is 49.1 Å². The zero-order valence-electron chi connectivity index (χ0n) is 9.20. The maximum Gasteiger partial charge on any atom is 0.337 e. The predicted molar refractivity (Wildman–Crippen MR) is 74.0 cm³/mol. The molecular weight excluding hydrogens is 356 g/mol. The highest BCUT2D eigenvalue weighted by Gasteiger charge is 2.19. The molecule has 0 aliphatic carbocycles. The van der Waals surface area contributed by atoms with E-state index in [1.807, 2.05) is 0 Å². The molecular formula is C10H7BrN2O4S2. The van der Waals surface area contributed by atoms with Crippen molar-refractivity contribution < 1.29 is 18.3 Å². The summed E-state index contributed by atoms with van der Waals surface area (Å²) in [5, 5.41) is 10.4. The smallest absolute Gasteiger partial charge is 0.337 e. The van der Waals surface area contributed by atoms with Crippen molar-refractivity contribution in [2.45, 2.75) is 4.21 Å². The average molecular weight is 363 g/mol. The summed E-state index contributed by atoms with van der Waals surface area (Å²) in [6, 6.07) is 4.19. The Morgan fingerprint density at radius 3 is 2.58 bits per heavy atom. The van der Waals surface area contributed by atoms with Gasteiger partial charge >= 0.3 is 5.97 Å². The van der Waals surface area contributed by atoms with Gasteiger partial charge in [-0.15, -0.1) is 11.3 Å². The van der Waals surface area contributed by atoms with Crippen molar-refractivity contribution in [2.24, 2.45) is 0 Å². The van der Waals surface area contributed by atoms with Gasteiger partial charge in [-0.1, -0.05) is 0 Å². The van der Waals surface area contributed by atoms with Crippen LogP contribution in [0.2, 0.25) is 0 Å². The molecule has 2 aromatic heterocycles. The normalized spacial score (nSPS) is 11.2. The lowest BCUT2D eigenvalue weighted by Gasteiger charge is -2.06. The number of anilines is 1. The number of aromatic nitrogens is 1. The second kappa shape index (κ2) is 5.27. The van der Waals surface area contributed by atoms with E-state index in [9.17, 15) is 13.2 Å². The van der Waals surface area contributed by atoms with E-state index in [1.54, 1.807) is 11.4 Å². The summed E-state index contributed by atoms with van der Waals surface area (Å²) in [7, 11) is -3.72. The molecule has 0 saturated carbocycles. The highest BCUT2D eigenvalue weighted by atomic mass is 79.9. The standard InChI is InChI=1S/C10H7BrN2O4S2/c11-7-3-4-18-10(7)19(16,17)13-8-2-1-6(5-12-8)9(14)15/h1-5H,(H,12,13)(H,14,15). The van der Waals surface area contributed by atoms with Gasteiger partial charge in [0.15, 0.2) is 4.21 Å². The molecule has 2 aromatic rings. The number of aromatic carboxylic acids is 1. The minimum absolute atomic E-state index is 0.0137. The number of carboxylic acids is 1. The summed E-state index contributed by atoms with van der Waals surface area (Å²) < 4.78 is 26.9. The fourth-order valence-electron chi connectivity index (χ4n) is 1.24. The highest BCUT2D eigenvalue weighted by molar-refractivity contribution is 9.10. The first kappa shape index (κ1) is 14.0. The number of halogens is 1. The van der Waals surface area contributed by atoms with Gasteiger partial charge in [0.05, 0.1) is 5.56 Å². The SMILES string of the molecule is O=C(O)c1ccc(NS(=O)(=O)c2sccc2Br)nc1. The van der Waals surface area contributed by atoms with E-state index in [-0.39, 0.29) is 15.6 Å². The van der Waals surface area contributed by atoms with E-state index in [0.717, 1.165) is 17.5 Å². The molecule has 2 heterocycles. The summed E-state index contributed by atoms with van der Waals surface area (Å²) in [4.78, 5) is 14.4. The topological polar surface area (TPSA) is 96.4 Å². The summed E-state index contributed by atoms with van der Waals surface area (Å²) in [5.74, 6) is -1.06. The number of hydrogen-bond acceptors (Lipinski definition) is 5. The summed E-state index contributed by atoms with van der Waals surface area (Å²) in [5.41, 5.74) is -0.0137. The molecule has 0 amide bonds. The average Bonchev–Trinajstić information content (AvgIpc) is 2.76. The number of sulfonamides is 1. The van der Waals surface area contributed by atoms with Gasteiger partial charge in [-0.05, 0) is 39.5 Å². The molecule has 2 rings (SSSR count). The lowest BCUT2D eigenvalue weighted by Crippen LogP contribution is -2.13. The Kier molecular flexibility index (Phi) is 3.88. The minimum atomic E-state index is -3.72. The lowest BCUT2D eigenvalue weighted by molar-refractivity contribution is 0.0696. The molecule has 100 valence electrons. The highest BCUT2D eigenvalue weighted by Crippen LogP contribution is 2.28. The van der Waals surface area contributed by atoms with Crippen LogP contribution in [0, 0.1) is 0 Å². The van der Waals surface area contributed by atoms with Gasteiger partial charge in [-0.2, -0.15) is 0 Å². The van der Waals surface area contributed by atoms with E-state index >= 15 is 0 Å². The molecule has 0 saturated heterocycles. The van der Waals surface area contributed by atoms with Crippen LogP contribution in [0.5, 0.6) is 0 Å². The fourth-order valence-corrected chi connectivity index (χ4v) is 4.58. The molecule has 0 atom stereocenters. The van der Waals surface area contributed by atoms with E-state index in [2.05, 4.69) is 25.6 Å². The van der Waals surface area contributed by atoms with E-state index < -0.39 is 16.0 Å². The third kappa shape index (κ3) is 3.11. The van der Waals surface area contributed by atoms with E-state index in [1.165, 1.54) is 12.1 Å². The molecule has 0 unspecified atom stereocenters. The van der Waals surface area contributed by atoms with Crippen molar-refractivity contribution in [3.8, 4) is 0 Å². The second-order valence-corrected chi connectivity index (χ2v) is 7.05. The number of hydrogen-bond donors (Lipinski definition) is 2. The molecule has 9 heteroatoms. The number of nitrogens with one attached hydrogen (secondary N) is 1. The van der Waals surface area contributed by atoms with Crippen LogP contribution in [-0.2, 0) is 10.0 Å². The summed E-state index contributed by atoms with van der Waals surface area (Å²) >= 11 is 4.20. The third-order valence-electron chi connectivity index (χ3n) is 2.08. The molecule has 0 aromatic carbocycles. The number of thiophene rings is 1. The van der Waals surface area contributed by atoms with Crippen molar-refractivity contribution in [1.82, 2.24) is 4.98 Å². The Morgan fingerprint density at radius 1 is 1.37 bits per heavy atom. The predicted octanol–water partition coefficient (Wildman–Crippen LogP) is 2.40. The van der Waals surface area contributed by atoms with Crippen LogP contribution in [0.15, 0.2) is 38.5 Å². The first-order valence-electron chi connectivity index (χ1n) is 4.85. The number of carbonyl (C=O) groups is 1.